The molecular weight excluding hydrogens is 330 g/mol. The lowest BCUT2D eigenvalue weighted by Crippen LogP contribution is -2.27. The first-order valence-electron chi connectivity index (χ1n) is 6.29. The van der Waals surface area contributed by atoms with Crippen LogP contribution in [0.5, 0.6) is 0 Å². The fourth-order valence-electron chi connectivity index (χ4n) is 1.79. The van der Waals surface area contributed by atoms with Crippen LogP contribution in [-0.4, -0.2) is 20.4 Å². The summed E-state index contributed by atoms with van der Waals surface area (Å²) in [6, 6.07) is 6.44. The Morgan fingerprint density at radius 2 is 2.10 bits per heavy atom. The third-order valence-corrected chi connectivity index (χ3v) is 5.68. The van der Waals surface area contributed by atoms with Crippen LogP contribution in [-0.2, 0) is 16.6 Å². The monoisotopic (exact) mass is 345 g/mol. The maximum absolute atomic E-state index is 12.3. The Hall–Kier alpha value is -0.990. The molecule has 0 aliphatic rings. The quantitative estimate of drug-likeness (QED) is 0.844. The van der Waals surface area contributed by atoms with E-state index in [-0.39, 0.29) is 11.1 Å². The Kier molecular flexibility index (Phi) is 5.34. The van der Waals surface area contributed by atoms with E-state index in [1.54, 1.807) is 25.3 Å². The van der Waals surface area contributed by atoms with Gasteiger partial charge in [0.1, 0.15) is 0 Å². The molecule has 0 amide bonds. The number of hydrogen-bond donors (Lipinski definition) is 2. The van der Waals surface area contributed by atoms with Gasteiger partial charge < -0.3 is 5.32 Å². The zero-order valence-electron chi connectivity index (χ0n) is 11.6. The van der Waals surface area contributed by atoms with E-state index in [0.29, 0.717) is 10.9 Å². The molecule has 0 spiro atoms. The number of nitrogens with zero attached hydrogens (tertiary/aromatic N) is 1. The van der Waals surface area contributed by atoms with Crippen molar-refractivity contribution in [3.05, 3.63) is 45.2 Å². The molecule has 0 aliphatic carbocycles. The average molecular weight is 346 g/mol. The molecule has 114 valence electrons. The molecule has 0 fully saturated rings. The lowest BCUT2D eigenvalue weighted by Gasteiger charge is -2.12. The second kappa shape index (κ2) is 6.85. The molecule has 2 rings (SSSR count). The first kappa shape index (κ1) is 16.4. The van der Waals surface area contributed by atoms with Crippen molar-refractivity contribution < 1.29 is 8.42 Å². The molecule has 0 radical (unpaired) electrons. The van der Waals surface area contributed by atoms with Crippen LogP contribution < -0.4 is 10.0 Å². The molecule has 0 aromatic carbocycles. The summed E-state index contributed by atoms with van der Waals surface area (Å²) in [4.78, 5) is 4.86. The maximum atomic E-state index is 12.3. The molecule has 0 aliphatic heterocycles. The zero-order chi connectivity index (χ0) is 15.5. The highest BCUT2D eigenvalue weighted by molar-refractivity contribution is 7.89. The first-order chi connectivity index (χ1) is 9.92. The van der Waals surface area contributed by atoms with Crippen LogP contribution >= 0.6 is 22.9 Å². The zero-order valence-corrected chi connectivity index (χ0v) is 14.0. The van der Waals surface area contributed by atoms with Crippen LogP contribution in [0, 0.1) is 0 Å². The Morgan fingerprint density at radius 1 is 1.33 bits per heavy atom. The summed E-state index contributed by atoms with van der Waals surface area (Å²) in [5.41, 5.74) is 0.925. The molecule has 0 saturated carbocycles. The lowest BCUT2D eigenvalue weighted by atomic mass is 10.3. The van der Waals surface area contributed by atoms with Gasteiger partial charge in [-0.2, -0.15) is 0 Å². The minimum absolute atomic E-state index is 0.0110. The van der Waals surface area contributed by atoms with Crippen LogP contribution in [0.25, 0.3) is 0 Å². The van der Waals surface area contributed by atoms with Gasteiger partial charge in [0.05, 0.1) is 10.4 Å². The minimum Gasteiger partial charge on any atom is -0.316 e. The maximum Gasteiger partial charge on any atom is 0.258 e. The Balaban J connectivity index is 2.14. The van der Waals surface area contributed by atoms with E-state index in [1.807, 2.05) is 13.1 Å². The SMILES string of the molecule is CNCc1ccc(S(=O)(=O)NC(C)c2ccc(Cl)s2)nc1. The van der Waals surface area contributed by atoms with Crippen molar-refractivity contribution in [2.24, 2.45) is 0 Å². The molecule has 2 aromatic rings. The largest absolute Gasteiger partial charge is 0.316 e. The highest BCUT2D eigenvalue weighted by Crippen LogP contribution is 2.27. The van der Waals surface area contributed by atoms with Gasteiger partial charge in [0.2, 0.25) is 0 Å². The van der Waals surface area contributed by atoms with Crippen molar-refractivity contribution in [3.8, 4) is 0 Å². The summed E-state index contributed by atoms with van der Waals surface area (Å²) in [6.07, 6.45) is 1.55. The second-order valence-electron chi connectivity index (χ2n) is 4.52. The van der Waals surface area contributed by atoms with Crippen LogP contribution in [0.1, 0.15) is 23.4 Å². The van der Waals surface area contributed by atoms with Crippen molar-refractivity contribution >= 4 is 33.0 Å². The standard InChI is InChI=1S/C13H16ClN3O2S2/c1-9(11-4-5-12(14)20-11)17-21(18,19)13-6-3-10(7-15-2)8-16-13/h3-6,8-9,15,17H,7H2,1-2H3. The predicted octanol–water partition coefficient (Wildman–Crippen LogP) is 2.56. The number of hydrogen-bond acceptors (Lipinski definition) is 5. The molecule has 2 aromatic heterocycles. The van der Waals surface area contributed by atoms with Crippen molar-refractivity contribution in [2.45, 2.75) is 24.5 Å². The summed E-state index contributed by atoms with van der Waals surface area (Å²) in [5.74, 6) is 0. The van der Waals surface area contributed by atoms with Gasteiger partial charge in [0.25, 0.3) is 10.0 Å². The molecule has 2 heterocycles. The van der Waals surface area contributed by atoms with Gasteiger partial charge in [-0.25, -0.2) is 18.1 Å². The third-order valence-electron chi connectivity index (χ3n) is 2.81. The number of thiophene rings is 1. The van der Waals surface area contributed by atoms with Gasteiger partial charge in [0, 0.05) is 17.6 Å². The highest BCUT2D eigenvalue weighted by atomic mass is 35.5. The second-order valence-corrected chi connectivity index (χ2v) is 7.93. The van der Waals surface area contributed by atoms with Crippen LogP contribution in [0.15, 0.2) is 35.5 Å². The molecule has 8 heteroatoms. The molecule has 1 atom stereocenters. The predicted molar refractivity (Wildman–Crippen MR) is 85.1 cm³/mol. The molecule has 21 heavy (non-hydrogen) atoms. The first-order valence-corrected chi connectivity index (χ1v) is 8.97. The van der Waals surface area contributed by atoms with Crippen molar-refractivity contribution in [1.82, 2.24) is 15.0 Å². The summed E-state index contributed by atoms with van der Waals surface area (Å²) in [6.45, 7) is 2.42. The molecule has 0 bridgehead atoms. The molecule has 2 N–H and O–H groups in total. The topological polar surface area (TPSA) is 71.1 Å². The fraction of sp³-hybridized carbons (Fsp3) is 0.308. The summed E-state index contributed by atoms with van der Waals surface area (Å²) in [5, 5.41) is 2.99. The van der Waals surface area contributed by atoms with Crippen molar-refractivity contribution in [2.75, 3.05) is 7.05 Å². The van der Waals surface area contributed by atoms with Gasteiger partial charge in [0.15, 0.2) is 5.03 Å². The van der Waals surface area contributed by atoms with Gasteiger partial charge in [-0.15, -0.1) is 11.3 Å². The minimum atomic E-state index is -3.65. The smallest absolute Gasteiger partial charge is 0.258 e. The third kappa shape index (κ3) is 4.24. The summed E-state index contributed by atoms with van der Waals surface area (Å²) in [7, 11) is -1.83. The summed E-state index contributed by atoms with van der Waals surface area (Å²) < 4.78 is 27.8. The van der Waals surface area contributed by atoms with E-state index in [9.17, 15) is 8.42 Å². The van der Waals surface area contributed by atoms with Crippen molar-refractivity contribution in [1.29, 1.82) is 0 Å². The normalized spacial score (nSPS) is 13.3. The molecular formula is C13H16ClN3O2S2. The number of rotatable bonds is 6. The van der Waals surface area contributed by atoms with E-state index in [1.165, 1.54) is 17.4 Å². The lowest BCUT2D eigenvalue weighted by molar-refractivity contribution is 0.564. The van der Waals surface area contributed by atoms with E-state index in [2.05, 4.69) is 15.0 Å². The van der Waals surface area contributed by atoms with Crippen LogP contribution in [0.3, 0.4) is 0 Å². The van der Waals surface area contributed by atoms with Gasteiger partial charge in [-0.05, 0) is 37.7 Å². The van der Waals surface area contributed by atoms with Gasteiger partial charge in [-0.1, -0.05) is 17.7 Å². The number of nitrogens with one attached hydrogen (secondary N) is 2. The number of aromatic nitrogens is 1. The molecule has 1 unspecified atom stereocenters. The number of pyridine rings is 1. The average Bonchev–Trinajstić information content (AvgIpc) is 2.86. The van der Waals surface area contributed by atoms with Crippen molar-refractivity contribution in [3.63, 3.8) is 0 Å². The van der Waals surface area contributed by atoms with E-state index < -0.39 is 10.0 Å². The van der Waals surface area contributed by atoms with Crippen LogP contribution in [0.2, 0.25) is 4.34 Å². The Bertz CT molecular complexity index is 698. The van der Waals surface area contributed by atoms with E-state index >= 15 is 0 Å². The van der Waals surface area contributed by atoms with Crippen LogP contribution in [0.4, 0.5) is 0 Å². The number of sulfonamides is 1. The summed E-state index contributed by atoms with van der Waals surface area (Å²) >= 11 is 7.21. The number of halogens is 1. The van der Waals surface area contributed by atoms with Gasteiger partial charge in [-0.3, -0.25) is 0 Å². The van der Waals surface area contributed by atoms with E-state index in [0.717, 1.165) is 10.4 Å². The van der Waals surface area contributed by atoms with E-state index in [4.69, 9.17) is 11.6 Å². The molecule has 0 saturated heterocycles. The fourth-order valence-corrected chi connectivity index (χ4v) is 4.08. The highest BCUT2D eigenvalue weighted by Gasteiger charge is 2.20. The molecule has 5 nitrogen and oxygen atoms in total. The Labute approximate surface area is 133 Å². The van der Waals surface area contributed by atoms with Gasteiger partial charge >= 0.3 is 0 Å². The Morgan fingerprint density at radius 3 is 2.62 bits per heavy atom.